The number of ether oxygens (including phenoxy) is 8. The summed E-state index contributed by atoms with van der Waals surface area (Å²) < 4.78 is 56.7. The molecule has 1 aromatic heterocycles. The molecular weight excluding hydrogens is 1660 g/mol. The lowest BCUT2D eigenvalue weighted by molar-refractivity contribution is -0.351. The number of rotatable bonds is 22. The standard InChI is InChI=1S/C82H97Cl2N7O29S.CH4/c1-33(2)19-47(87-5)77(108)90-63-50(96)23-39(26-58(85)98)75(106)88-61-38-24-55(114-52-15-12-36(65(63)99)21-45(52)83)72(119-81-70(104)68(102)73(57(31-92)117-81)120-80-69(103)67(101)66(100)54(116-80)10-6-7-18-121-32-41-9-8-17-112-41)56(25-38)115-53-16-13-37(22-46(53)84)71(118-59-30-82(4,86)74(105)34(3)113-59)64-78(109)89-62(79(110)111)44-27-40(93)28-49(95)60(44)43-20-35(11-14-48(43)94)42(29-51(61)97)76(107)91-64;/h8-9,11-17,20-22,24-25,27-28,33-34,39,42,47,54,57,59,61-71,73-74,80-81,87,92-95,99-105H,6-7,10,18-19,23,26,29-32,86H2,1-5H3,(H2,85,98)(H,88,106)(H,89,109)(H,90,108)(H,91,107)(H,110,111);1H4/t34-,39-,42+,47+,54+,57+,59?,61+,62+,63?,64-,65+,66-,67-,68+,69+,70+,71+,73+,74-,80-,81-,82-;/m0./s1. The minimum absolute atomic E-state index is 0. The smallest absolute Gasteiger partial charge is 0.330 e. The van der Waals surface area contributed by atoms with Gasteiger partial charge >= 0.3 is 5.97 Å². The number of phenolic OH excluding ortho intramolecular Hbond substituents is 3. The highest BCUT2D eigenvalue weighted by Crippen LogP contribution is 2.51. The van der Waals surface area contributed by atoms with Crippen LogP contribution in [0.3, 0.4) is 0 Å². The van der Waals surface area contributed by atoms with Crippen LogP contribution in [-0.2, 0) is 67.8 Å². The van der Waals surface area contributed by atoms with E-state index in [9.17, 15) is 75.7 Å². The van der Waals surface area contributed by atoms with Gasteiger partial charge in [0.15, 0.2) is 41.7 Å². The first kappa shape index (κ1) is 93.4. The molecule has 23 atom stereocenters. The SMILES string of the molecule is C.CN[C@H](CC(C)C)C(=O)NC1C(=O)C[C@@H](CC(N)=O)C(=O)N[C@H]2C(=O)C[C@H]3C(=O)N[C@H](C(=O)N[C@@H](C(=O)O)c4cc(O)cc(O)c4-c4cc3ccc4O)[C@H](OC3C[C@](C)(N)[C@@H](O)[C@H](C)O3)c3ccc(c(Cl)c3)Oc3cc2cc(c3O[C@@H]2O[C@H](CO)[C@@H](O[C@@H]3O[C@H](CCCCSCc4ccco4)[C@H](O)[C@H](O)[C@H]3O)[C@H](O)[C@H]2O)Oc2ccc(cc2Cl)[C@H]1O. The fourth-order valence-electron chi connectivity index (χ4n) is 15.7. The molecule has 5 aromatic carbocycles. The Morgan fingerprint density at radius 2 is 1.38 bits per heavy atom. The van der Waals surface area contributed by atoms with E-state index < -0.39 is 280 Å². The quantitative estimate of drug-likeness (QED) is 0.0422. The molecule has 9 heterocycles. The second-order valence-corrected chi connectivity index (χ2v) is 33.5. The first-order valence-electron chi connectivity index (χ1n) is 39.1. The number of thioether (sulfide) groups is 1. The number of aliphatic carboxylic acids is 1. The number of benzene rings is 5. The van der Waals surface area contributed by atoms with Crippen LogP contribution in [0.5, 0.6) is 46.0 Å². The van der Waals surface area contributed by atoms with E-state index in [2.05, 4.69) is 26.6 Å². The van der Waals surface area contributed by atoms with Gasteiger partial charge in [-0.2, -0.15) is 11.8 Å². The van der Waals surface area contributed by atoms with Gasteiger partial charge in [-0.05, 0) is 147 Å². The minimum Gasteiger partial charge on any atom is -0.508 e. The van der Waals surface area contributed by atoms with Gasteiger partial charge in [0.2, 0.25) is 41.6 Å². The van der Waals surface area contributed by atoms with Crippen LogP contribution < -0.4 is 52.3 Å². The highest BCUT2D eigenvalue weighted by molar-refractivity contribution is 7.98. The van der Waals surface area contributed by atoms with Crippen LogP contribution in [0.2, 0.25) is 10.0 Å². The number of amides is 5. The van der Waals surface area contributed by atoms with Gasteiger partial charge in [-0.15, -0.1) is 0 Å². The number of nitrogens with one attached hydrogen (secondary N) is 5. The van der Waals surface area contributed by atoms with Crippen molar-refractivity contribution in [3.8, 4) is 57.1 Å². The Bertz CT molecular complexity index is 4810. The number of furan rings is 1. The Labute approximate surface area is 713 Å². The predicted molar refractivity (Wildman–Crippen MR) is 433 cm³/mol. The summed E-state index contributed by atoms with van der Waals surface area (Å²) in [7, 11) is 1.48. The molecule has 2 unspecified atom stereocenters. The summed E-state index contributed by atoms with van der Waals surface area (Å²) in [5.74, 6) is -17.2. The van der Waals surface area contributed by atoms with Crippen molar-refractivity contribution in [2.45, 2.75) is 226 Å². The lowest BCUT2D eigenvalue weighted by atomic mass is 9.84. The van der Waals surface area contributed by atoms with Crippen LogP contribution in [0.4, 0.5) is 0 Å². The molecule has 0 spiro atoms. The highest BCUT2D eigenvalue weighted by atomic mass is 35.5. The molecule has 8 aliphatic rings. The number of ketones is 2. The molecule has 6 aromatic rings. The minimum atomic E-state index is -2.32. The molecule has 11 bridgehead atoms. The number of primary amides is 1. The number of likely N-dealkylation sites (N-methyl/N-ethyl adjacent to an activating group) is 1. The Balaban J connectivity index is 0.0000145. The fourth-order valence-corrected chi connectivity index (χ4v) is 17.1. The molecule has 8 aliphatic heterocycles. The van der Waals surface area contributed by atoms with E-state index in [1.807, 2.05) is 19.9 Å². The number of aliphatic hydroxyl groups excluding tert-OH is 8. The van der Waals surface area contributed by atoms with Gasteiger partial charge in [0.05, 0.1) is 64.9 Å². The zero-order valence-electron chi connectivity index (χ0n) is 65.9. The number of carbonyl (C=O) groups excluding carboxylic acids is 7. The number of hydrogen-bond acceptors (Lipinski definition) is 31. The highest BCUT2D eigenvalue weighted by Gasteiger charge is 2.53. The van der Waals surface area contributed by atoms with Crippen LogP contribution in [0.15, 0.2) is 102 Å². The van der Waals surface area contributed by atoms with Crippen LogP contribution in [0.1, 0.15) is 150 Å². The second-order valence-electron chi connectivity index (χ2n) is 31.6. The van der Waals surface area contributed by atoms with Gasteiger partial charge in [-0.1, -0.05) is 62.7 Å². The van der Waals surface area contributed by atoms with Crippen molar-refractivity contribution < 1.29 is 142 Å². The van der Waals surface area contributed by atoms with E-state index in [1.165, 1.54) is 51.2 Å². The normalized spacial score (nSPS) is 30.3. The molecule has 0 aliphatic carbocycles. The van der Waals surface area contributed by atoms with Gasteiger partial charge in [-0.3, -0.25) is 33.6 Å². The second kappa shape index (κ2) is 39.7. The lowest BCUT2D eigenvalue weighted by Crippen LogP contribution is -2.64. The van der Waals surface area contributed by atoms with Crippen LogP contribution in [0.25, 0.3) is 11.1 Å². The number of carboxylic acids is 1. The molecule has 662 valence electrons. The number of fused-ring (bicyclic) bond motifs is 15. The third-order valence-electron chi connectivity index (χ3n) is 22.1. The van der Waals surface area contributed by atoms with E-state index in [-0.39, 0.29) is 60.1 Å². The largest absolute Gasteiger partial charge is 0.508 e. The van der Waals surface area contributed by atoms with Crippen molar-refractivity contribution in [1.29, 1.82) is 0 Å². The zero-order chi connectivity index (χ0) is 87.5. The van der Waals surface area contributed by atoms with E-state index in [4.69, 9.17) is 77.0 Å². The first-order valence-corrected chi connectivity index (χ1v) is 41.0. The van der Waals surface area contributed by atoms with Gasteiger partial charge in [0.25, 0.3) is 0 Å². The van der Waals surface area contributed by atoms with Crippen LogP contribution >= 0.6 is 35.0 Å². The number of carboxylic acid groups (broad SMARTS) is 1. The Kier molecular flexibility index (Phi) is 30.4. The number of phenols is 3. The molecule has 14 rings (SSSR count). The Morgan fingerprint density at radius 3 is 2.01 bits per heavy atom. The monoisotopic (exact) mass is 1760 g/mol. The number of aliphatic hydroxyl groups is 8. The van der Waals surface area contributed by atoms with Crippen molar-refractivity contribution in [2.24, 2.45) is 23.3 Å². The number of carbonyl (C=O) groups is 8. The summed E-state index contributed by atoms with van der Waals surface area (Å²) in [5.41, 5.74) is 8.50. The number of aromatic hydroxyl groups is 3. The van der Waals surface area contributed by atoms with E-state index in [1.54, 1.807) is 24.1 Å². The topological polar surface area (TPSA) is 578 Å². The molecule has 122 heavy (non-hydrogen) atoms. The maximum Gasteiger partial charge on any atom is 0.330 e. The summed E-state index contributed by atoms with van der Waals surface area (Å²) in [5, 5.41) is 151. The summed E-state index contributed by atoms with van der Waals surface area (Å²) in [6.45, 7) is 5.52. The number of Topliss-reactive ketones (excluding diaryl/α,β-unsaturated/α-hetero) is 2. The van der Waals surface area contributed by atoms with Gasteiger partial charge in [0.1, 0.15) is 108 Å². The summed E-state index contributed by atoms with van der Waals surface area (Å²) >= 11 is 16.1. The maximum atomic E-state index is 16.5. The molecule has 36 nitrogen and oxygen atoms in total. The van der Waals surface area contributed by atoms with Gasteiger partial charge in [0, 0.05) is 54.0 Å². The lowest BCUT2D eigenvalue weighted by Gasteiger charge is -2.46. The number of halogens is 2. The van der Waals surface area contributed by atoms with Crippen molar-refractivity contribution in [2.75, 3.05) is 19.4 Å². The molecule has 3 fully saturated rings. The summed E-state index contributed by atoms with van der Waals surface area (Å²) in [6, 6.07) is 8.08. The van der Waals surface area contributed by atoms with E-state index in [0.29, 0.717) is 24.3 Å². The predicted octanol–water partition coefficient (Wildman–Crippen LogP) is 4.25. The summed E-state index contributed by atoms with van der Waals surface area (Å²) in [6.07, 6.45) is -27.4. The Morgan fingerprint density at radius 1 is 0.713 bits per heavy atom. The van der Waals surface area contributed by atoms with Crippen molar-refractivity contribution in [3.63, 3.8) is 0 Å². The van der Waals surface area contributed by atoms with Crippen LogP contribution in [0, 0.1) is 11.8 Å². The molecule has 3 saturated heterocycles. The number of nitrogens with two attached hydrogens (primary N) is 2. The zero-order valence-corrected chi connectivity index (χ0v) is 68.2. The van der Waals surface area contributed by atoms with Crippen molar-refractivity contribution >= 4 is 82.0 Å². The molecule has 0 saturated carbocycles. The molecule has 39 heteroatoms. The third kappa shape index (κ3) is 20.8. The first-order chi connectivity index (χ1) is 57.4. The molecule has 0 radical (unpaired) electrons. The average Bonchev–Trinajstić information content (AvgIpc) is 1.13. The van der Waals surface area contributed by atoms with Gasteiger partial charge in [-0.25, -0.2) is 4.79 Å². The molecular formula is C83H101Cl2N7O29S. The third-order valence-corrected chi connectivity index (χ3v) is 23.8. The molecule has 21 N–H and O–H groups in total. The molecule has 5 amide bonds. The fraction of sp³-hybridized carbons (Fsp3) is 0.494. The van der Waals surface area contributed by atoms with E-state index in [0.717, 1.165) is 54.3 Å². The van der Waals surface area contributed by atoms with Crippen molar-refractivity contribution in [3.05, 3.63) is 141 Å². The van der Waals surface area contributed by atoms with E-state index >= 15 is 24.0 Å². The van der Waals surface area contributed by atoms with Crippen LogP contribution in [-0.4, -0.2) is 231 Å². The Hall–Kier alpha value is -9.33. The van der Waals surface area contributed by atoms with Crippen molar-refractivity contribution in [1.82, 2.24) is 26.6 Å². The van der Waals surface area contributed by atoms with Gasteiger partial charge < -0.3 is 142 Å². The number of hydrogen-bond donors (Lipinski definition) is 19. The average molecular weight is 1760 g/mol. The summed E-state index contributed by atoms with van der Waals surface area (Å²) in [4.78, 5) is 121. The maximum absolute atomic E-state index is 16.5. The number of unbranched alkanes of at least 4 members (excludes halogenated alkanes) is 1.